The van der Waals surface area contributed by atoms with Gasteiger partial charge in [0.2, 0.25) is 0 Å². The molecule has 0 aliphatic heterocycles. The lowest BCUT2D eigenvalue weighted by Crippen LogP contribution is -2.55. The minimum absolute atomic E-state index is 0.0411. The molecule has 5 fully saturated rings. The fourth-order valence-electron chi connectivity index (χ4n) is 16.4. The normalized spacial score (nSPS) is 45.3. The number of carbonyl (C=O) groups is 2. The van der Waals surface area contributed by atoms with E-state index >= 15 is 0 Å². The summed E-state index contributed by atoms with van der Waals surface area (Å²) >= 11 is 0. The minimum atomic E-state index is -0.130. The summed E-state index contributed by atoms with van der Waals surface area (Å²) in [6.45, 7) is 26.3. The average Bonchev–Trinajstić information content (AvgIpc) is 3.63. The van der Waals surface area contributed by atoms with Crippen LogP contribution in [0, 0.1) is 68.0 Å². The van der Waals surface area contributed by atoms with E-state index in [0.717, 1.165) is 56.3 Å². The molecule has 5 saturated carbocycles. The number of hydrogen-bond acceptors (Lipinski definition) is 4. The third kappa shape index (κ3) is 6.62. The first-order valence-electron chi connectivity index (χ1n) is 23.7. The van der Waals surface area contributed by atoms with Crippen LogP contribution in [0.4, 0.5) is 0 Å². The van der Waals surface area contributed by atoms with Gasteiger partial charge < -0.3 is 9.84 Å². The maximum atomic E-state index is 11.9. The Bertz CT molecular complexity index is 1630. The molecule has 0 aromatic rings. The Morgan fingerprint density at radius 3 is 2.29 bits per heavy atom. The van der Waals surface area contributed by atoms with Crippen molar-refractivity contribution in [1.82, 2.24) is 0 Å². The van der Waals surface area contributed by atoms with Gasteiger partial charge in [-0.15, -0.1) is 0 Å². The summed E-state index contributed by atoms with van der Waals surface area (Å²) in [4.78, 5) is 23.8. The second-order valence-electron chi connectivity index (χ2n) is 23.0. The number of carbonyl (C=O) groups excluding carboxylic acids is 2. The maximum Gasteiger partial charge on any atom is 0.305 e. The zero-order valence-electron chi connectivity index (χ0n) is 37.9. The molecule has 8 aliphatic carbocycles. The Morgan fingerprint density at radius 1 is 0.821 bits per heavy atom. The van der Waals surface area contributed by atoms with Crippen LogP contribution in [-0.4, -0.2) is 29.1 Å². The van der Waals surface area contributed by atoms with Crippen LogP contribution in [0.1, 0.15) is 198 Å². The van der Waals surface area contributed by atoms with Gasteiger partial charge in [-0.25, -0.2) is 0 Å². The quantitative estimate of drug-likeness (QED) is 0.216. The molecule has 4 nitrogen and oxygen atoms in total. The molecule has 8 rings (SSSR count). The number of rotatable bonds is 6. The molecule has 314 valence electrons. The lowest BCUT2D eigenvalue weighted by atomic mass is 9.43. The maximum absolute atomic E-state index is 11.9. The predicted molar refractivity (Wildman–Crippen MR) is 230 cm³/mol. The molecule has 0 radical (unpaired) electrons. The molecule has 8 aliphatic rings. The van der Waals surface area contributed by atoms with Crippen LogP contribution < -0.4 is 0 Å². The van der Waals surface area contributed by atoms with Crippen molar-refractivity contribution in [2.45, 2.75) is 210 Å². The molecule has 13 unspecified atom stereocenters. The van der Waals surface area contributed by atoms with Crippen LogP contribution in [0.15, 0.2) is 34.4 Å². The molecule has 0 spiro atoms. The van der Waals surface area contributed by atoms with Crippen molar-refractivity contribution in [2.75, 3.05) is 0 Å². The van der Waals surface area contributed by atoms with Crippen molar-refractivity contribution in [3.8, 4) is 0 Å². The number of hydrogen-bond donors (Lipinski definition) is 1. The van der Waals surface area contributed by atoms with E-state index in [1.54, 1.807) is 0 Å². The van der Waals surface area contributed by atoms with Gasteiger partial charge >= 0.3 is 5.97 Å². The molecular formula is C52H82O4. The Balaban J connectivity index is 0.000000175. The Labute approximate surface area is 342 Å². The monoisotopic (exact) mass is 771 g/mol. The standard InChI is InChI=1S/C30H50O.C22H32O3/c1-20(2)10-9-11-21(3)22-14-18-30(8)24-12-13-25-27(4,5)26(31)16-17-28(25,6)23(24)15-19-29(22,30)7;1-4-20(24)25-19-8-7-17-16-6-5-14-13-15(23)9-11-21(14,2)18(16)10-12-22(17,19)3/h10,21-22,25-26,31H,9,11-19H2,1-8H3;13,16-19H,4-12H2,1-3H3. The third-order valence-corrected chi connectivity index (χ3v) is 20.1. The summed E-state index contributed by atoms with van der Waals surface area (Å²) in [5.41, 5.74) is 8.23. The second-order valence-corrected chi connectivity index (χ2v) is 23.0. The second kappa shape index (κ2) is 15.1. The first-order chi connectivity index (χ1) is 26.3. The van der Waals surface area contributed by atoms with E-state index in [9.17, 15) is 14.7 Å². The first kappa shape index (κ1) is 42.4. The summed E-state index contributed by atoms with van der Waals surface area (Å²) in [7, 11) is 0. The molecule has 13 atom stereocenters. The molecule has 0 heterocycles. The third-order valence-electron chi connectivity index (χ3n) is 20.1. The number of aliphatic hydroxyl groups excluding tert-OH is 1. The smallest absolute Gasteiger partial charge is 0.305 e. The molecular weight excluding hydrogens is 689 g/mol. The summed E-state index contributed by atoms with van der Waals surface area (Å²) < 4.78 is 5.86. The Hall–Kier alpha value is -1.68. The van der Waals surface area contributed by atoms with Gasteiger partial charge in [-0.1, -0.05) is 90.7 Å². The summed E-state index contributed by atoms with van der Waals surface area (Å²) in [6, 6.07) is 0. The molecule has 0 amide bonds. The number of ketones is 1. The highest BCUT2D eigenvalue weighted by Crippen LogP contribution is 2.73. The lowest BCUT2D eigenvalue weighted by molar-refractivity contribution is -0.159. The first-order valence-corrected chi connectivity index (χ1v) is 23.7. The zero-order valence-corrected chi connectivity index (χ0v) is 37.9. The van der Waals surface area contributed by atoms with Crippen LogP contribution >= 0.6 is 0 Å². The Kier molecular flexibility index (Phi) is 11.4. The van der Waals surface area contributed by atoms with Gasteiger partial charge in [0.15, 0.2) is 5.78 Å². The van der Waals surface area contributed by atoms with Crippen molar-refractivity contribution >= 4 is 11.8 Å². The fourth-order valence-corrected chi connectivity index (χ4v) is 16.4. The predicted octanol–water partition coefficient (Wildman–Crippen LogP) is 13.3. The van der Waals surface area contributed by atoms with E-state index in [0.29, 0.717) is 46.2 Å². The van der Waals surface area contributed by atoms with Gasteiger partial charge in [0.1, 0.15) is 6.10 Å². The minimum Gasteiger partial charge on any atom is -0.462 e. The summed E-state index contributed by atoms with van der Waals surface area (Å²) in [6.07, 6.45) is 26.4. The molecule has 0 aromatic carbocycles. The number of ether oxygens (including phenoxy) is 1. The Morgan fingerprint density at radius 2 is 1.57 bits per heavy atom. The highest BCUT2D eigenvalue weighted by molar-refractivity contribution is 5.91. The van der Waals surface area contributed by atoms with Gasteiger partial charge in [-0.2, -0.15) is 0 Å². The molecule has 56 heavy (non-hydrogen) atoms. The van der Waals surface area contributed by atoms with Crippen molar-refractivity contribution < 1.29 is 19.4 Å². The van der Waals surface area contributed by atoms with Gasteiger partial charge in [0, 0.05) is 18.3 Å². The van der Waals surface area contributed by atoms with E-state index in [-0.39, 0.29) is 34.4 Å². The van der Waals surface area contributed by atoms with E-state index in [1.807, 2.05) is 24.1 Å². The fraction of sp³-hybridized carbons (Fsp3) is 0.846. The number of fused-ring (bicyclic) bond motifs is 9. The van der Waals surface area contributed by atoms with Crippen molar-refractivity contribution in [2.24, 2.45) is 68.0 Å². The van der Waals surface area contributed by atoms with Crippen LogP contribution in [-0.2, 0) is 14.3 Å². The molecule has 0 bridgehead atoms. The zero-order chi connectivity index (χ0) is 40.6. The molecule has 0 saturated heterocycles. The number of allylic oxidation sites excluding steroid dienone is 5. The molecule has 0 aromatic heterocycles. The van der Waals surface area contributed by atoms with Crippen molar-refractivity contribution in [1.29, 1.82) is 0 Å². The van der Waals surface area contributed by atoms with Crippen LogP contribution in [0.25, 0.3) is 0 Å². The summed E-state index contributed by atoms with van der Waals surface area (Å²) in [5, 5.41) is 10.8. The molecule has 4 heteroatoms. The van der Waals surface area contributed by atoms with Gasteiger partial charge in [-0.3, -0.25) is 9.59 Å². The van der Waals surface area contributed by atoms with Gasteiger partial charge in [0.05, 0.1) is 6.10 Å². The highest BCUT2D eigenvalue weighted by Gasteiger charge is 2.64. The lowest BCUT2D eigenvalue weighted by Gasteiger charge is -2.62. The summed E-state index contributed by atoms with van der Waals surface area (Å²) in [5.74, 6) is 4.73. The van der Waals surface area contributed by atoms with E-state index in [2.05, 4.69) is 75.3 Å². The SMILES string of the molecule is CC(C)=CCCC(C)C1CCC2(C)C3=C(CCC12C)C1(C)CCC(O)C(C)(C)C1CC3.CCC(=O)OC1CCC2C3CCC4=CC(=O)CCC4(C)C3CCC12C. The van der Waals surface area contributed by atoms with Crippen molar-refractivity contribution in [3.05, 3.63) is 34.4 Å². The van der Waals surface area contributed by atoms with Crippen LogP contribution in [0.5, 0.6) is 0 Å². The number of esters is 1. The van der Waals surface area contributed by atoms with Crippen molar-refractivity contribution in [3.63, 3.8) is 0 Å². The largest absolute Gasteiger partial charge is 0.462 e. The van der Waals surface area contributed by atoms with Crippen LogP contribution in [0.3, 0.4) is 0 Å². The molecule has 1 N–H and O–H groups in total. The van der Waals surface area contributed by atoms with Gasteiger partial charge in [-0.05, 0) is 192 Å². The topological polar surface area (TPSA) is 63.6 Å². The van der Waals surface area contributed by atoms with Crippen LogP contribution in [0.2, 0.25) is 0 Å². The van der Waals surface area contributed by atoms with E-state index < -0.39 is 0 Å². The van der Waals surface area contributed by atoms with E-state index in [1.165, 1.54) is 88.2 Å². The highest BCUT2D eigenvalue weighted by atomic mass is 16.5. The average molecular weight is 771 g/mol. The van der Waals surface area contributed by atoms with Gasteiger partial charge in [0.25, 0.3) is 0 Å². The van der Waals surface area contributed by atoms with E-state index in [4.69, 9.17) is 4.74 Å². The number of aliphatic hydroxyl groups is 1.